The van der Waals surface area contributed by atoms with Crippen molar-refractivity contribution in [3.05, 3.63) is 88.5 Å². The van der Waals surface area contributed by atoms with Gasteiger partial charge in [0.15, 0.2) is 0 Å². The van der Waals surface area contributed by atoms with E-state index in [0.29, 0.717) is 16.8 Å². The summed E-state index contributed by atoms with van der Waals surface area (Å²) in [5.41, 5.74) is 10.1. The summed E-state index contributed by atoms with van der Waals surface area (Å²) in [5, 5.41) is 11.0. The summed E-state index contributed by atoms with van der Waals surface area (Å²) < 4.78 is 0. The Bertz CT molecular complexity index is 792. The van der Waals surface area contributed by atoms with E-state index in [1.165, 1.54) is 18.2 Å². The molecule has 2 N–H and O–H groups in total. The number of hydrogen-bond acceptors (Lipinski definition) is 3. The van der Waals surface area contributed by atoms with Crippen molar-refractivity contribution >= 4 is 29.1 Å². The van der Waals surface area contributed by atoms with Gasteiger partial charge in [-0.1, -0.05) is 50.1 Å². The molecule has 22 heavy (non-hydrogen) atoms. The zero-order chi connectivity index (χ0) is 16.3. The highest BCUT2D eigenvalue weighted by atomic mass is 16.6. The Labute approximate surface area is 129 Å². The van der Waals surface area contributed by atoms with Gasteiger partial charge in [-0.3, -0.25) is 10.1 Å². The molecule has 0 bridgehead atoms. The van der Waals surface area contributed by atoms with E-state index in [4.69, 9.17) is 5.73 Å². The quantitative estimate of drug-likeness (QED) is 0.500. The molecule has 0 spiro atoms. The van der Waals surface area contributed by atoms with Crippen LogP contribution in [-0.4, -0.2) is 4.92 Å². The van der Waals surface area contributed by atoms with Gasteiger partial charge in [-0.25, -0.2) is 0 Å². The lowest BCUT2D eigenvalue weighted by molar-refractivity contribution is -0.384. The minimum atomic E-state index is -0.454. The number of anilines is 1. The normalized spacial score (nSPS) is 10.0. The van der Waals surface area contributed by atoms with E-state index < -0.39 is 4.92 Å². The lowest BCUT2D eigenvalue weighted by atomic mass is 9.91. The van der Waals surface area contributed by atoms with Crippen LogP contribution in [0.1, 0.15) is 22.3 Å². The van der Waals surface area contributed by atoms with E-state index >= 15 is 0 Å². The number of nitrogen functional groups attached to an aromatic ring is 1. The van der Waals surface area contributed by atoms with Gasteiger partial charge in [0.05, 0.1) is 4.92 Å². The predicted molar refractivity (Wildman–Crippen MR) is 92.3 cm³/mol. The average Bonchev–Trinajstić information content (AvgIpc) is 2.53. The largest absolute Gasteiger partial charge is 0.398 e. The number of hydrogen-bond donors (Lipinski definition) is 1. The standard InChI is InChI=1S/C18H16N2O2/c1-4-13-7-6-8-16(15(13)5-2)12(3)17-11-14(20(21)22)9-10-18(17)19/h4-11H,1-3,19H2. The highest BCUT2D eigenvalue weighted by molar-refractivity contribution is 5.89. The molecule has 0 saturated carbocycles. The highest BCUT2D eigenvalue weighted by Crippen LogP contribution is 2.33. The summed E-state index contributed by atoms with van der Waals surface area (Å²) in [6, 6.07) is 10.00. The van der Waals surface area contributed by atoms with Crippen LogP contribution in [0.4, 0.5) is 11.4 Å². The van der Waals surface area contributed by atoms with Crippen LogP contribution in [0.3, 0.4) is 0 Å². The van der Waals surface area contributed by atoms with Gasteiger partial charge in [-0.15, -0.1) is 0 Å². The minimum absolute atomic E-state index is 0.0228. The number of benzene rings is 2. The average molecular weight is 292 g/mol. The zero-order valence-electron chi connectivity index (χ0n) is 12.1. The summed E-state index contributed by atoms with van der Waals surface area (Å²) in [7, 11) is 0. The second kappa shape index (κ2) is 6.10. The van der Waals surface area contributed by atoms with Gasteiger partial charge in [0.25, 0.3) is 5.69 Å². The lowest BCUT2D eigenvalue weighted by Gasteiger charge is -2.14. The summed E-state index contributed by atoms with van der Waals surface area (Å²) in [6.45, 7) is 11.6. The summed E-state index contributed by atoms with van der Waals surface area (Å²) >= 11 is 0. The van der Waals surface area contributed by atoms with Crippen LogP contribution in [0.25, 0.3) is 17.7 Å². The molecule has 0 fully saturated rings. The van der Waals surface area contributed by atoms with E-state index in [1.54, 1.807) is 12.2 Å². The second-order valence-corrected chi connectivity index (χ2v) is 4.72. The molecule has 0 heterocycles. The Morgan fingerprint density at radius 1 is 1.14 bits per heavy atom. The van der Waals surface area contributed by atoms with Crippen molar-refractivity contribution in [2.24, 2.45) is 0 Å². The van der Waals surface area contributed by atoms with E-state index in [1.807, 2.05) is 18.2 Å². The number of rotatable bonds is 5. The first-order chi connectivity index (χ1) is 10.5. The smallest absolute Gasteiger partial charge is 0.270 e. The molecule has 4 heteroatoms. The van der Waals surface area contributed by atoms with E-state index in [2.05, 4.69) is 19.7 Å². The maximum Gasteiger partial charge on any atom is 0.270 e. The SMILES string of the molecule is C=Cc1cccc(C(=C)c2cc([N+](=O)[O-])ccc2N)c1C=C. The van der Waals surface area contributed by atoms with Gasteiger partial charge >= 0.3 is 0 Å². The maximum atomic E-state index is 11.0. The van der Waals surface area contributed by atoms with Crippen LogP contribution in [0.15, 0.2) is 56.1 Å². The first-order valence-electron chi connectivity index (χ1n) is 6.61. The van der Waals surface area contributed by atoms with Crippen molar-refractivity contribution in [3.8, 4) is 0 Å². The van der Waals surface area contributed by atoms with Gasteiger partial charge in [-0.05, 0) is 28.3 Å². The van der Waals surface area contributed by atoms with E-state index in [-0.39, 0.29) is 5.69 Å². The van der Waals surface area contributed by atoms with E-state index in [9.17, 15) is 10.1 Å². The van der Waals surface area contributed by atoms with Crippen molar-refractivity contribution in [1.29, 1.82) is 0 Å². The third-order valence-electron chi connectivity index (χ3n) is 3.46. The number of nitro benzene ring substituents is 1. The van der Waals surface area contributed by atoms with Crippen molar-refractivity contribution in [3.63, 3.8) is 0 Å². The number of nitrogens with two attached hydrogens (primary N) is 1. The molecule has 2 aromatic rings. The molecule has 0 atom stereocenters. The Morgan fingerprint density at radius 2 is 1.86 bits per heavy atom. The van der Waals surface area contributed by atoms with Gasteiger partial charge in [0.2, 0.25) is 0 Å². The molecule has 4 nitrogen and oxygen atoms in total. The van der Waals surface area contributed by atoms with Crippen LogP contribution < -0.4 is 5.73 Å². The number of nitro groups is 1. The third kappa shape index (κ3) is 2.67. The molecule has 0 saturated heterocycles. The highest BCUT2D eigenvalue weighted by Gasteiger charge is 2.15. The molecule has 0 unspecified atom stereocenters. The maximum absolute atomic E-state index is 11.0. The molecule has 0 aliphatic carbocycles. The van der Waals surface area contributed by atoms with Crippen LogP contribution in [0.2, 0.25) is 0 Å². The number of nitrogens with zero attached hydrogens (tertiary/aromatic N) is 1. The van der Waals surface area contributed by atoms with Gasteiger partial charge in [0.1, 0.15) is 0 Å². The molecule has 0 amide bonds. The van der Waals surface area contributed by atoms with Crippen molar-refractivity contribution in [2.45, 2.75) is 0 Å². The van der Waals surface area contributed by atoms with Gasteiger partial charge < -0.3 is 5.73 Å². The van der Waals surface area contributed by atoms with Gasteiger partial charge in [0, 0.05) is 23.4 Å². The van der Waals surface area contributed by atoms with Crippen molar-refractivity contribution < 1.29 is 4.92 Å². The van der Waals surface area contributed by atoms with Crippen LogP contribution >= 0.6 is 0 Å². The molecule has 0 radical (unpaired) electrons. The van der Waals surface area contributed by atoms with Gasteiger partial charge in [-0.2, -0.15) is 0 Å². The van der Waals surface area contributed by atoms with E-state index in [0.717, 1.165) is 16.7 Å². The summed E-state index contributed by atoms with van der Waals surface area (Å²) in [6.07, 6.45) is 3.44. The predicted octanol–water partition coefficient (Wildman–Crippen LogP) is 4.52. The zero-order valence-corrected chi connectivity index (χ0v) is 12.1. The minimum Gasteiger partial charge on any atom is -0.398 e. The molecule has 0 aliphatic heterocycles. The Kier molecular flexibility index (Phi) is 4.23. The Balaban J connectivity index is 2.63. The number of non-ortho nitro benzene ring substituents is 1. The molecule has 2 aromatic carbocycles. The fraction of sp³-hybridized carbons (Fsp3) is 0. The summed E-state index contributed by atoms with van der Waals surface area (Å²) in [5.74, 6) is 0. The molecular weight excluding hydrogens is 276 g/mol. The third-order valence-corrected chi connectivity index (χ3v) is 3.46. The van der Waals surface area contributed by atoms with Crippen LogP contribution in [-0.2, 0) is 0 Å². The van der Waals surface area contributed by atoms with Crippen LogP contribution in [0.5, 0.6) is 0 Å². The monoisotopic (exact) mass is 292 g/mol. The van der Waals surface area contributed by atoms with Crippen molar-refractivity contribution in [2.75, 3.05) is 5.73 Å². The topological polar surface area (TPSA) is 69.2 Å². The van der Waals surface area contributed by atoms with Crippen LogP contribution in [0, 0.1) is 10.1 Å². The summed E-state index contributed by atoms with van der Waals surface area (Å²) in [4.78, 5) is 10.5. The second-order valence-electron chi connectivity index (χ2n) is 4.72. The fourth-order valence-electron chi connectivity index (χ4n) is 2.32. The lowest BCUT2D eigenvalue weighted by Crippen LogP contribution is -1.99. The Hall–Kier alpha value is -3.14. The first kappa shape index (κ1) is 15.3. The first-order valence-corrected chi connectivity index (χ1v) is 6.61. The van der Waals surface area contributed by atoms with Crippen molar-refractivity contribution in [1.82, 2.24) is 0 Å². The fourth-order valence-corrected chi connectivity index (χ4v) is 2.32. The Morgan fingerprint density at radius 3 is 2.45 bits per heavy atom. The molecule has 110 valence electrons. The molecule has 0 aromatic heterocycles. The molecular formula is C18H16N2O2. The molecule has 0 aliphatic rings. The molecule has 2 rings (SSSR count).